The molecule has 0 fully saturated rings. The van der Waals surface area contributed by atoms with E-state index in [1.807, 2.05) is 12.1 Å². The van der Waals surface area contributed by atoms with Gasteiger partial charge >= 0.3 is 0 Å². The van der Waals surface area contributed by atoms with Gasteiger partial charge in [-0.25, -0.2) is 0 Å². The van der Waals surface area contributed by atoms with E-state index in [9.17, 15) is 19.7 Å². The second kappa shape index (κ2) is 11.0. The maximum atomic E-state index is 12.4. The summed E-state index contributed by atoms with van der Waals surface area (Å²) in [4.78, 5) is 36.5. The molecule has 2 N–H and O–H groups in total. The minimum absolute atomic E-state index is 0.0472. The molecule has 0 aliphatic heterocycles. The van der Waals surface area contributed by atoms with Gasteiger partial charge in [-0.15, -0.1) is 0 Å². The first-order chi connectivity index (χ1) is 13.9. The van der Waals surface area contributed by atoms with Crippen LogP contribution in [0.25, 0.3) is 0 Å². The number of likely N-dealkylation sites (N-methyl/N-ethyl adjacent to an activating group) is 1. The lowest BCUT2D eigenvalue weighted by Gasteiger charge is -2.20. The number of nitrogens with zero attached hydrogens (tertiary/aromatic N) is 2. The van der Waals surface area contributed by atoms with Gasteiger partial charge in [-0.2, -0.15) is 0 Å². The molecule has 0 atom stereocenters. The fourth-order valence-electron chi connectivity index (χ4n) is 2.65. The van der Waals surface area contributed by atoms with Crippen LogP contribution < -0.4 is 10.6 Å². The summed E-state index contributed by atoms with van der Waals surface area (Å²) in [6.45, 7) is 2.71. The first kappa shape index (κ1) is 22.2. The maximum absolute atomic E-state index is 12.4. The fraction of sp³-hybridized carbons (Fsp3) is 0.300. The fourth-order valence-corrected chi connectivity index (χ4v) is 2.78. The van der Waals surface area contributed by atoms with E-state index < -0.39 is 4.92 Å². The molecule has 2 aromatic rings. The average Bonchev–Trinajstić information content (AvgIpc) is 2.71. The van der Waals surface area contributed by atoms with Gasteiger partial charge in [-0.1, -0.05) is 35.9 Å². The van der Waals surface area contributed by atoms with Crippen molar-refractivity contribution in [3.8, 4) is 0 Å². The molecule has 0 aliphatic rings. The predicted molar refractivity (Wildman–Crippen MR) is 112 cm³/mol. The molecule has 0 bridgehead atoms. The topological polar surface area (TPSA) is 105 Å². The number of hydrogen-bond acceptors (Lipinski definition) is 5. The van der Waals surface area contributed by atoms with Crippen LogP contribution in [0.3, 0.4) is 0 Å². The van der Waals surface area contributed by atoms with Gasteiger partial charge in [0.1, 0.15) is 5.69 Å². The first-order valence-electron chi connectivity index (χ1n) is 9.17. The van der Waals surface area contributed by atoms with Gasteiger partial charge < -0.3 is 15.5 Å². The molecule has 0 saturated heterocycles. The number of amides is 2. The molecular formula is C20H23ClN4O4. The first-order valence-corrected chi connectivity index (χ1v) is 9.54. The third-order valence-electron chi connectivity index (χ3n) is 4.23. The molecule has 0 heterocycles. The monoisotopic (exact) mass is 418 g/mol. The van der Waals surface area contributed by atoms with Gasteiger partial charge in [0.2, 0.25) is 11.8 Å². The van der Waals surface area contributed by atoms with Crippen LogP contribution >= 0.6 is 11.6 Å². The zero-order valence-corrected chi connectivity index (χ0v) is 16.8. The van der Waals surface area contributed by atoms with Gasteiger partial charge in [0.05, 0.1) is 11.5 Å². The number of anilines is 1. The van der Waals surface area contributed by atoms with Crippen molar-refractivity contribution in [1.82, 2.24) is 10.2 Å². The minimum Gasteiger partial charge on any atom is -0.379 e. The number of nitro groups is 1. The summed E-state index contributed by atoms with van der Waals surface area (Å²) in [6.07, 6.45) is 0.115. The summed E-state index contributed by atoms with van der Waals surface area (Å²) >= 11 is 5.83. The largest absolute Gasteiger partial charge is 0.379 e. The molecular weight excluding hydrogens is 396 g/mol. The highest BCUT2D eigenvalue weighted by atomic mass is 35.5. The van der Waals surface area contributed by atoms with Crippen molar-refractivity contribution in [3.05, 3.63) is 69.2 Å². The van der Waals surface area contributed by atoms with Gasteiger partial charge in [-0.05, 0) is 30.7 Å². The molecule has 8 nitrogen and oxygen atoms in total. The van der Waals surface area contributed by atoms with E-state index in [1.54, 1.807) is 37.3 Å². The maximum Gasteiger partial charge on any atom is 0.292 e. The molecule has 0 aromatic heterocycles. The van der Waals surface area contributed by atoms with Crippen LogP contribution in [0.15, 0.2) is 48.5 Å². The number of carbonyl (C=O) groups excluding carboxylic acids is 2. The standard InChI is InChI=1S/C20H23ClN4O4/c1-2-24(14-19(26)23-13-15-7-9-16(21)10-8-15)20(27)11-12-22-17-5-3-4-6-18(17)25(28)29/h3-10,22H,2,11-14H2,1H3,(H,23,26). The van der Waals surface area contributed by atoms with Crippen LogP contribution in [0, 0.1) is 10.1 Å². The SMILES string of the molecule is CCN(CC(=O)NCc1ccc(Cl)cc1)C(=O)CCNc1ccccc1[N+](=O)[O-]. The number of benzene rings is 2. The zero-order chi connectivity index (χ0) is 21.2. The summed E-state index contributed by atoms with van der Waals surface area (Å²) in [5.74, 6) is -0.470. The lowest BCUT2D eigenvalue weighted by Crippen LogP contribution is -2.40. The average molecular weight is 419 g/mol. The number of nitro benzene ring substituents is 1. The summed E-state index contributed by atoms with van der Waals surface area (Å²) in [5.41, 5.74) is 1.22. The Bertz CT molecular complexity index is 858. The van der Waals surface area contributed by atoms with Crippen molar-refractivity contribution in [2.45, 2.75) is 19.9 Å². The molecule has 9 heteroatoms. The van der Waals surface area contributed by atoms with E-state index in [-0.39, 0.29) is 37.0 Å². The number of rotatable bonds is 10. The van der Waals surface area contributed by atoms with Crippen molar-refractivity contribution in [2.24, 2.45) is 0 Å². The minimum atomic E-state index is -0.479. The van der Waals surface area contributed by atoms with E-state index in [0.29, 0.717) is 23.8 Å². The molecule has 154 valence electrons. The quantitative estimate of drug-likeness (QED) is 0.455. The van der Waals surface area contributed by atoms with E-state index in [4.69, 9.17) is 11.6 Å². The molecule has 0 aliphatic carbocycles. The Morgan fingerprint density at radius 3 is 2.48 bits per heavy atom. The Balaban J connectivity index is 1.80. The summed E-state index contributed by atoms with van der Waals surface area (Å²) in [7, 11) is 0. The number of nitrogens with one attached hydrogen (secondary N) is 2. The van der Waals surface area contributed by atoms with Crippen LogP contribution in [0.2, 0.25) is 5.02 Å². The molecule has 0 spiro atoms. The third-order valence-corrected chi connectivity index (χ3v) is 4.48. The Labute approximate surface area is 174 Å². The van der Waals surface area contributed by atoms with Crippen molar-refractivity contribution < 1.29 is 14.5 Å². The third kappa shape index (κ3) is 7.08. The van der Waals surface area contributed by atoms with Crippen molar-refractivity contribution in [2.75, 3.05) is 25.0 Å². The van der Waals surface area contributed by atoms with Crippen LogP contribution in [-0.4, -0.2) is 41.3 Å². The molecule has 0 saturated carbocycles. The lowest BCUT2D eigenvalue weighted by atomic mass is 10.2. The molecule has 2 amide bonds. The zero-order valence-electron chi connectivity index (χ0n) is 16.1. The number of halogens is 1. The molecule has 2 aromatic carbocycles. The predicted octanol–water partition coefficient (Wildman–Crippen LogP) is 3.22. The van der Waals surface area contributed by atoms with Crippen LogP contribution in [-0.2, 0) is 16.1 Å². The van der Waals surface area contributed by atoms with Gasteiger partial charge in [0.15, 0.2) is 0 Å². The normalized spacial score (nSPS) is 10.3. The van der Waals surface area contributed by atoms with Gasteiger partial charge in [-0.3, -0.25) is 19.7 Å². The van der Waals surface area contributed by atoms with E-state index in [2.05, 4.69) is 10.6 Å². The smallest absolute Gasteiger partial charge is 0.292 e. The van der Waals surface area contributed by atoms with Crippen molar-refractivity contribution >= 4 is 34.8 Å². The van der Waals surface area contributed by atoms with Gasteiger partial charge in [0, 0.05) is 37.1 Å². The van der Waals surface area contributed by atoms with E-state index in [0.717, 1.165) is 5.56 Å². The van der Waals surface area contributed by atoms with E-state index in [1.165, 1.54) is 11.0 Å². The second-order valence-electron chi connectivity index (χ2n) is 6.26. The number of hydrogen-bond donors (Lipinski definition) is 2. The molecule has 2 rings (SSSR count). The van der Waals surface area contributed by atoms with Crippen LogP contribution in [0.4, 0.5) is 11.4 Å². The number of carbonyl (C=O) groups is 2. The highest BCUT2D eigenvalue weighted by Gasteiger charge is 2.16. The summed E-state index contributed by atoms with van der Waals surface area (Å²) in [6, 6.07) is 13.4. The van der Waals surface area contributed by atoms with Gasteiger partial charge in [0.25, 0.3) is 5.69 Å². The molecule has 0 unspecified atom stereocenters. The Morgan fingerprint density at radius 2 is 1.83 bits per heavy atom. The highest BCUT2D eigenvalue weighted by molar-refractivity contribution is 6.30. The van der Waals surface area contributed by atoms with Crippen molar-refractivity contribution in [3.63, 3.8) is 0 Å². The van der Waals surface area contributed by atoms with Crippen LogP contribution in [0.1, 0.15) is 18.9 Å². The Morgan fingerprint density at radius 1 is 1.14 bits per heavy atom. The van der Waals surface area contributed by atoms with Crippen LogP contribution in [0.5, 0.6) is 0 Å². The second-order valence-corrected chi connectivity index (χ2v) is 6.70. The highest BCUT2D eigenvalue weighted by Crippen LogP contribution is 2.22. The number of para-hydroxylation sites is 2. The molecule has 29 heavy (non-hydrogen) atoms. The lowest BCUT2D eigenvalue weighted by molar-refractivity contribution is -0.384. The summed E-state index contributed by atoms with van der Waals surface area (Å²) in [5, 5.41) is 17.3. The van der Waals surface area contributed by atoms with Crippen molar-refractivity contribution in [1.29, 1.82) is 0 Å². The summed E-state index contributed by atoms with van der Waals surface area (Å²) < 4.78 is 0. The Kier molecular flexibility index (Phi) is 8.42. The Hall–Kier alpha value is -3.13. The molecule has 0 radical (unpaired) electrons. The van der Waals surface area contributed by atoms with E-state index >= 15 is 0 Å².